The van der Waals surface area contributed by atoms with Crippen molar-refractivity contribution in [1.82, 2.24) is 0 Å². The van der Waals surface area contributed by atoms with Gasteiger partial charge in [-0.05, 0) is 33.1 Å². The lowest BCUT2D eigenvalue weighted by atomic mass is 10.0. The molecule has 3 N–H and O–H groups in total. The monoisotopic (exact) mass is 316 g/mol. The zero-order chi connectivity index (χ0) is 17.6. The third-order valence-electron chi connectivity index (χ3n) is 3.89. The molecule has 1 heterocycles. The van der Waals surface area contributed by atoms with Gasteiger partial charge in [-0.3, -0.25) is 0 Å². The Morgan fingerprint density at radius 1 is 1.32 bits per heavy atom. The first-order valence-corrected chi connectivity index (χ1v) is 8.41. The minimum atomic E-state index is -0.197. The molecule has 0 aromatic rings. The number of quaternary nitrogens is 1. The first kappa shape index (κ1) is 23.4. The van der Waals surface area contributed by atoms with Crippen LogP contribution in [0.15, 0.2) is 25.0 Å². The highest BCUT2D eigenvalue weighted by Crippen LogP contribution is 2.21. The summed E-state index contributed by atoms with van der Waals surface area (Å²) >= 11 is 0. The largest absolute Gasteiger partial charge is 0.516 e. The van der Waals surface area contributed by atoms with E-state index in [0.29, 0.717) is 0 Å². The standard InChI is InChI=1S/C9H20NO2.C7H14.C2H4O/c1-3-8(11)5-10(4-2)6-9(12)7-10;1-4-5-6-7(2)3;1-2-3/h8-9,11-12H,3-7H2,1-2H3;2,4-6H2,1,3H3;2-3H,1H2/q+1;;. The molecule has 1 aliphatic rings. The lowest BCUT2D eigenvalue weighted by Crippen LogP contribution is -2.68. The molecule has 0 aliphatic carbocycles. The molecule has 4 heteroatoms. The highest BCUT2D eigenvalue weighted by molar-refractivity contribution is 4.86. The average molecular weight is 317 g/mol. The van der Waals surface area contributed by atoms with E-state index in [2.05, 4.69) is 33.9 Å². The number of likely N-dealkylation sites (N-methyl/N-ethyl adjacent to an activating group) is 1. The zero-order valence-electron chi connectivity index (χ0n) is 15.1. The van der Waals surface area contributed by atoms with E-state index in [1.807, 2.05) is 6.92 Å². The maximum atomic E-state index is 9.48. The second-order valence-electron chi connectivity index (χ2n) is 6.16. The van der Waals surface area contributed by atoms with E-state index in [9.17, 15) is 10.2 Å². The summed E-state index contributed by atoms with van der Waals surface area (Å²) in [6.45, 7) is 18.6. The molecular formula is C18H38NO3+. The van der Waals surface area contributed by atoms with E-state index < -0.39 is 0 Å². The van der Waals surface area contributed by atoms with Crippen molar-refractivity contribution in [2.45, 2.75) is 65.6 Å². The molecule has 1 atom stereocenters. The number of nitrogens with zero attached hydrogens (tertiary/aromatic N) is 1. The summed E-state index contributed by atoms with van der Waals surface area (Å²) in [6, 6.07) is 0. The van der Waals surface area contributed by atoms with Crippen LogP contribution in [-0.2, 0) is 0 Å². The average Bonchev–Trinajstić information content (AvgIpc) is 2.44. The molecule has 0 radical (unpaired) electrons. The quantitative estimate of drug-likeness (QED) is 0.383. The third-order valence-corrected chi connectivity index (χ3v) is 3.89. The molecule has 22 heavy (non-hydrogen) atoms. The highest BCUT2D eigenvalue weighted by atomic mass is 16.3. The van der Waals surface area contributed by atoms with Gasteiger partial charge >= 0.3 is 0 Å². The maximum absolute atomic E-state index is 9.48. The van der Waals surface area contributed by atoms with Crippen LogP contribution < -0.4 is 0 Å². The molecule has 132 valence electrons. The zero-order valence-corrected chi connectivity index (χ0v) is 15.1. The molecule has 0 spiro atoms. The number of aliphatic hydroxyl groups is 3. The Morgan fingerprint density at radius 2 is 1.82 bits per heavy atom. The molecule has 1 unspecified atom stereocenters. The molecule has 1 aliphatic heterocycles. The van der Waals surface area contributed by atoms with Crippen LogP contribution in [-0.4, -0.2) is 58.2 Å². The van der Waals surface area contributed by atoms with E-state index in [4.69, 9.17) is 5.11 Å². The van der Waals surface area contributed by atoms with Crippen molar-refractivity contribution in [2.75, 3.05) is 26.2 Å². The molecule has 0 aromatic carbocycles. The van der Waals surface area contributed by atoms with E-state index in [-0.39, 0.29) is 12.2 Å². The van der Waals surface area contributed by atoms with Crippen molar-refractivity contribution in [3.05, 3.63) is 25.0 Å². The Kier molecular flexibility index (Phi) is 14.7. The van der Waals surface area contributed by atoms with Gasteiger partial charge in [0.2, 0.25) is 0 Å². The molecule has 0 bridgehead atoms. The lowest BCUT2D eigenvalue weighted by molar-refractivity contribution is -0.973. The SMILES string of the molecule is C=C(C)CCCC.C=CO.CCC(O)C[N+]1(CC)CC(O)C1. The van der Waals surface area contributed by atoms with Crippen LogP contribution in [0, 0.1) is 0 Å². The molecule has 4 nitrogen and oxygen atoms in total. The van der Waals surface area contributed by atoms with Crippen LogP contribution in [0.3, 0.4) is 0 Å². The number of hydrogen-bond donors (Lipinski definition) is 3. The Labute approximate surface area is 137 Å². The topological polar surface area (TPSA) is 60.7 Å². The maximum Gasteiger partial charge on any atom is 0.152 e. The molecular weight excluding hydrogens is 278 g/mol. The molecule has 0 saturated carbocycles. The van der Waals surface area contributed by atoms with Crippen molar-refractivity contribution in [1.29, 1.82) is 0 Å². The van der Waals surface area contributed by atoms with Crippen molar-refractivity contribution in [3.8, 4) is 0 Å². The van der Waals surface area contributed by atoms with Crippen LogP contribution in [0.25, 0.3) is 0 Å². The van der Waals surface area contributed by atoms with Gasteiger partial charge in [0.1, 0.15) is 25.7 Å². The van der Waals surface area contributed by atoms with Gasteiger partial charge in [-0.2, -0.15) is 0 Å². The summed E-state index contributed by atoms with van der Waals surface area (Å²) in [5, 5.41) is 26.0. The van der Waals surface area contributed by atoms with Gasteiger partial charge in [-0.25, -0.2) is 0 Å². The van der Waals surface area contributed by atoms with Crippen LogP contribution >= 0.6 is 0 Å². The number of allylic oxidation sites excluding steroid dienone is 1. The second kappa shape index (κ2) is 13.8. The number of aliphatic hydroxyl groups excluding tert-OH is 3. The Hall–Kier alpha value is -0.840. The van der Waals surface area contributed by atoms with Gasteiger partial charge in [0.25, 0.3) is 0 Å². The molecule has 1 saturated heterocycles. The summed E-state index contributed by atoms with van der Waals surface area (Å²) in [5.41, 5.74) is 1.31. The third kappa shape index (κ3) is 11.8. The summed E-state index contributed by atoms with van der Waals surface area (Å²) in [5.74, 6) is 0. The van der Waals surface area contributed by atoms with Crippen molar-refractivity contribution in [2.24, 2.45) is 0 Å². The smallest absolute Gasteiger partial charge is 0.152 e. The number of unbranched alkanes of at least 4 members (excludes halogenated alkanes) is 1. The Morgan fingerprint density at radius 3 is 2.05 bits per heavy atom. The van der Waals surface area contributed by atoms with Crippen molar-refractivity contribution < 1.29 is 19.8 Å². The molecule has 1 fully saturated rings. The fraction of sp³-hybridized carbons (Fsp3) is 0.778. The van der Waals surface area contributed by atoms with Gasteiger partial charge in [0.05, 0.1) is 12.8 Å². The van der Waals surface area contributed by atoms with E-state index in [0.717, 1.165) is 43.3 Å². The van der Waals surface area contributed by atoms with Gasteiger partial charge in [-0.15, -0.1) is 6.58 Å². The van der Waals surface area contributed by atoms with E-state index in [1.54, 1.807) is 0 Å². The Bertz CT molecular complexity index is 286. The van der Waals surface area contributed by atoms with Crippen LogP contribution in [0.4, 0.5) is 0 Å². The summed E-state index contributed by atoms with van der Waals surface area (Å²) in [7, 11) is 0. The number of rotatable bonds is 7. The predicted molar refractivity (Wildman–Crippen MR) is 94.9 cm³/mol. The molecule has 0 aromatic heterocycles. The number of hydrogen-bond acceptors (Lipinski definition) is 3. The van der Waals surface area contributed by atoms with Crippen LogP contribution in [0.2, 0.25) is 0 Å². The van der Waals surface area contributed by atoms with Gasteiger partial charge in [-0.1, -0.05) is 32.4 Å². The van der Waals surface area contributed by atoms with Crippen LogP contribution in [0.1, 0.15) is 53.4 Å². The summed E-state index contributed by atoms with van der Waals surface area (Å²) in [6.07, 6.45) is 5.03. The Balaban J connectivity index is 0. The van der Waals surface area contributed by atoms with Crippen molar-refractivity contribution >= 4 is 0 Å². The van der Waals surface area contributed by atoms with E-state index in [1.165, 1.54) is 24.8 Å². The molecule has 1 rings (SSSR count). The van der Waals surface area contributed by atoms with Crippen molar-refractivity contribution in [3.63, 3.8) is 0 Å². The first-order valence-electron chi connectivity index (χ1n) is 8.41. The van der Waals surface area contributed by atoms with Crippen LogP contribution in [0.5, 0.6) is 0 Å². The predicted octanol–water partition coefficient (Wildman–Crippen LogP) is 3.41. The minimum absolute atomic E-state index is 0.131. The fourth-order valence-electron chi connectivity index (χ4n) is 2.43. The summed E-state index contributed by atoms with van der Waals surface area (Å²) < 4.78 is 0.899. The second-order valence-corrected chi connectivity index (χ2v) is 6.16. The van der Waals surface area contributed by atoms with Gasteiger partial charge < -0.3 is 19.8 Å². The minimum Gasteiger partial charge on any atom is -0.516 e. The summed E-state index contributed by atoms with van der Waals surface area (Å²) in [4.78, 5) is 0. The van der Waals surface area contributed by atoms with Gasteiger partial charge in [0.15, 0.2) is 6.10 Å². The number of likely N-dealkylation sites (tertiary alicyclic amines) is 1. The normalized spacial score (nSPS) is 23.8. The van der Waals surface area contributed by atoms with E-state index >= 15 is 0 Å². The first-order chi connectivity index (χ1) is 10.3. The fourth-order valence-corrected chi connectivity index (χ4v) is 2.43. The lowest BCUT2D eigenvalue weighted by Gasteiger charge is -2.48. The van der Waals surface area contributed by atoms with Gasteiger partial charge in [0, 0.05) is 0 Å². The highest BCUT2D eigenvalue weighted by Gasteiger charge is 2.42. The molecule has 0 amide bonds.